The molecule has 2 aromatic carbocycles. The second kappa shape index (κ2) is 6.47. The average Bonchev–Trinajstić information content (AvgIpc) is 2.53. The van der Waals surface area contributed by atoms with Gasteiger partial charge in [0, 0.05) is 11.6 Å². The maximum atomic E-state index is 12.2. The number of Topliss-reactive ketones (excluding diaryl/α,β-unsaturated/α-hetero) is 1. The van der Waals surface area contributed by atoms with Crippen LogP contribution in [0.3, 0.4) is 0 Å². The van der Waals surface area contributed by atoms with E-state index >= 15 is 0 Å². The lowest BCUT2D eigenvalue weighted by Crippen LogP contribution is -2.11. The standard InChI is InChI=1S/C16H13NO4/c1-21-14-9-7-12(8-10-14)11-15(17(19)20)16(18)13-5-3-2-4-6-13/h2-11H,1H3. The summed E-state index contributed by atoms with van der Waals surface area (Å²) in [6, 6.07) is 14.8. The number of ether oxygens (including phenoxy) is 1. The molecule has 0 amide bonds. The number of rotatable bonds is 5. The van der Waals surface area contributed by atoms with Crippen molar-refractivity contribution in [2.75, 3.05) is 7.11 Å². The van der Waals surface area contributed by atoms with Crippen LogP contribution in [0.2, 0.25) is 0 Å². The van der Waals surface area contributed by atoms with E-state index in [1.165, 1.54) is 13.2 Å². The van der Waals surface area contributed by atoms with Gasteiger partial charge in [-0.25, -0.2) is 0 Å². The Morgan fingerprint density at radius 1 is 1.10 bits per heavy atom. The highest BCUT2D eigenvalue weighted by molar-refractivity contribution is 6.09. The van der Waals surface area contributed by atoms with E-state index in [0.717, 1.165) is 0 Å². The lowest BCUT2D eigenvalue weighted by molar-refractivity contribution is -0.415. The highest BCUT2D eigenvalue weighted by atomic mass is 16.6. The van der Waals surface area contributed by atoms with Crippen molar-refractivity contribution in [1.82, 2.24) is 0 Å². The fraction of sp³-hybridized carbons (Fsp3) is 0.0625. The molecule has 0 saturated carbocycles. The minimum atomic E-state index is -0.667. The summed E-state index contributed by atoms with van der Waals surface area (Å²) in [5.74, 6) is 0.0283. The van der Waals surface area contributed by atoms with Gasteiger partial charge in [-0.05, 0) is 17.7 Å². The van der Waals surface area contributed by atoms with Crippen molar-refractivity contribution >= 4 is 11.9 Å². The smallest absolute Gasteiger partial charge is 0.317 e. The summed E-state index contributed by atoms with van der Waals surface area (Å²) in [4.78, 5) is 22.6. The van der Waals surface area contributed by atoms with Gasteiger partial charge in [0.2, 0.25) is 0 Å². The summed E-state index contributed by atoms with van der Waals surface area (Å²) >= 11 is 0. The van der Waals surface area contributed by atoms with Gasteiger partial charge in [0.05, 0.1) is 12.0 Å². The topological polar surface area (TPSA) is 69.4 Å². The Balaban J connectivity index is 2.36. The molecule has 0 spiro atoms. The minimum Gasteiger partial charge on any atom is -0.497 e. The zero-order valence-electron chi connectivity index (χ0n) is 11.4. The molecule has 2 rings (SSSR count). The predicted molar refractivity (Wildman–Crippen MR) is 78.7 cm³/mol. The van der Waals surface area contributed by atoms with Gasteiger partial charge in [-0.1, -0.05) is 42.5 Å². The highest BCUT2D eigenvalue weighted by Crippen LogP contribution is 2.16. The largest absolute Gasteiger partial charge is 0.497 e. The number of nitro groups is 1. The molecule has 0 unspecified atom stereocenters. The molecule has 0 atom stereocenters. The third-order valence-corrected chi connectivity index (χ3v) is 2.88. The minimum absolute atomic E-state index is 0.286. The van der Waals surface area contributed by atoms with Crippen molar-refractivity contribution in [3.05, 3.63) is 81.5 Å². The first-order valence-electron chi connectivity index (χ1n) is 6.21. The molecular formula is C16H13NO4. The number of carbonyl (C=O) groups is 1. The van der Waals surface area contributed by atoms with Crippen LogP contribution in [0.5, 0.6) is 5.75 Å². The second-order valence-corrected chi connectivity index (χ2v) is 4.25. The summed E-state index contributed by atoms with van der Waals surface area (Å²) < 4.78 is 5.02. The molecule has 0 bridgehead atoms. The molecule has 0 heterocycles. The van der Waals surface area contributed by atoms with Crippen molar-refractivity contribution in [1.29, 1.82) is 0 Å². The van der Waals surface area contributed by atoms with Crippen molar-refractivity contribution in [2.24, 2.45) is 0 Å². The molecule has 21 heavy (non-hydrogen) atoms. The van der Waals surface area contributed by atoms with Crippen molar-refractivity contribution in [2.45, 2.75) is 0 Å². The number of benzene rings is 2. The Labute approximate surface area is 121 Å². The maximum absolute atomic E-state index is 12.2. The zero-order chi connectivity index (χ0) is 15.2. The number of nitrogens with zero attached hydrogens (tertiary/aromatic N) is 1. The van der Waals surface area contributed by atoms with Gasteiger partial charge < -0.3 is 4.74 Å². The molecule has 106 valence electrons. The van der Waals surface area contributed by atoms with Gasteiger partial charge in [-0.2, -0.15) is 0 Å². The van der Waals surface area contributed by atoms with E-state index in [1.54, 1.807) is 54.6 Å². The third kappa shape index (κ3) is 3.54. The Morgan fingerprint density at radius 2 is 1.71 bits per heavy atom. The van der Waals surface area contributed by atoms with Crippen molar-refractivity contribution in [3.8, 4) is 5.75 Å². The van der Waals surface area contributed by atoms with Crippen LogP contribution in [-0.2, 0) is 0 Å². The summed E-state index contributed by atoms with van der Waals surface area (Å²) in [7, 11) is 1.53. The van der Waals surface area contributed by atoms with Gasteiger partial charge in [0.1, 0.15) is 5.75 Å². The van der Waals surface area contributed by atoms with Gasteiger partial charge in [-0.3, -0.25) is 14.9 Å². The Morgan fingerprint density at radius 3 is 2.24 bits per heavy atom. The van der Waals surface area contributed by atoms with E-state index in [-0.39, 0.29) is 5.56 Å². The molecule has 5 nitrogen and oxygen atoms in total. The molecule has 0 fully saturated rings. The number of hydrogen-bond acceptors (Lipinski definition) is 4. The van der Waals surface area contributed by atoms with Gasteiger partial charge >= 0.3 is 5.70 Å². The molecule has 0 N–H and O–H groups in total. The monoisotopic (exact) mass is 283 g/mol. The van der Waals surface area contributed by atoms with E-state index in [4.69, 9.17) is 4.74 Å². The fourth-order valence-electron chi connectivity index (χ4n) is 1.80. The zero-order valence-corrected chi connectivity index (χ0v) is 11.4. The van der Waals surface area contributed by atoms with Crippen molar-refractivity contribution in [3.63, 3.8) is 0 Å². The molecule has 0 aromatic heterocycles. The summed E-state index contributed by atoms with van der Waals surface area (Å²) in [6.45, 7) is 0. The summed E-state index contributed by atoms with van der Waals surface area (Å²) in [5, 5.41) is 11.1. The first kappa shape index (κ1) is 14.5. The number of ketones is 1. The van der Waals surface area contributed by atoms with Crippen molar-refractivity contribution < 1.29 is 14.5 Å². The van der Waals surface area contributed by atoms with Crippen LogP contribution in [-0.4, -0.2) is 17.8 Å². The fourth-order valence-corrected chi connectivity index (χ4v) is 1.80. The van der Waals surface area contributed by atoms with Crippen LogP contribution >= 0.6 is 0 Å². The molecule has 0 saturated heterocycles. The number of carbonyl (C=O) groups excluding carboxylic acids is 1. The summed E-state index contributed by atoms with van der Waals surface area (Å²) in [5.41, 5.74) is 0.382. The van der Waals surface area contributed by atoms with E-state index < -0.39 is 16.4 Å². The predicted octanol–water partition coefficient (Wildman–Crippen LogP) is 3.20. The lowest BCUT2D eigenvalue weighted by atomic mass is 10.1. The number of hydrogen-bond donors (Lipinski definition) is 0. The SMILES string of the molecule is COc1ccc(C=C(C(=O)c2ccccc2)[N+](=O)[O-])cc1. The molecule has 5 heteroatoms. The quantitative estimate of drug-likeness (QED) is 0.366. The van der Waals surface area contributed by atoms with Gasteiger partial charge in [0.25, 0.3) is 5.78 Å². The number of allylic oxidation sites excluding steroid dienone is 1. The van der Waals surface area contributed by atoms with E-state index in [9.17, 15) is 14.9 Å². The second-order valence-electron chi connectivity index (χ2n) is 4.25. The Kier molecular flexibility index (Phi) is 4.46. The van der Waals surface area contributed by atoms with Crippen LogP contribution in [0, 0.1) is 10.1 Å². The van der Waals surface area contributed by atoms with Gasteiger partial charge in [0.15, 0.2) is 0 Å². The van der Waals surface area contributed by atoms with E-state index in [2.05, 4.69) is 0 Å². The Bertz CT molecular complexity index is 675. The maximum Gasteiger partial charge on any atom is 0.317 e. The molecule has 2 aromatic rings. The highest BCUT2D eigenvalue weighted by Gasteiger charge is 2.23. The Hall–Kier alpha value is -2.95. The van der Waals surface area contributed by atoms with Crippen LogP contribution in [0.4, 0.5) is 0 Å². The average molecular weight is 283 g/mol. The molecule has 0 aliphatic heterocycles. The number of methoxy groups -OCH3 is 1. The lowest BCUT2D eigenvalue weighted by Gasteiger charge is -2.01. The van der Waals surface area contributed by atoms with Gasteiger partial charge in [-0.15, -0.1) is 0 Å². The summed E-state index contributed by atoms with van der Waals surface area (Å²) in [6.07, 6.45) is 1.26. The first-order chi connectivity index (χ1) is 10.1. The third-order valence-electron chi connectivity index (χ3n) is 2.88. The van der Waals surface area contributed by atoms with Crippen LogP contribution in [0.25, 0.3) is 6.08 Å². The van der Waals surface area contributed by atoms with Crippen LogP contribution < -0.4 is 4.74 Å². The normalized spacial score (nSPS) is 11.0. The van der Waals surface area contributed by atoms with E-state index in [0.29, 0.717) is 11.3 Å². The molecule has 0 aliphatic carbocycles. The molecular weight excluding hydrogens is 270 g/mol. The first-order valence-corrected chi connectivity index (χ1v) is 6.21. The molecule has 0 radical (unpaired) electrons. The van der Waals surface area contributed by atoms with E-state index in [1.807, 2.05) is 0 Å². The van der Waals surface area contributed by atoms with Crippen LogP contribution in [0.1, 0.15) is 15.9 Å². The van der Waals surface area contributed by atoms with Crippen LogP contribution in [0.15, 0.2) is 60.3 Å². The molecule has 0 aliphatic rings.